The Bertz CT molecular complexity index is 654. The average Bonchev–Trinajstić information content (AvgIpc) is 2.90. The molecule has 0 radical (unpaired) electrons. The molecule has 21 heavy (non-hydrogen) atoms. The molecule has 1 aliphatic heterocycles. The minimum atomic E-state index is -4.08. The van der Waals surface area contributed by atoms with Gasteiger partial charge in [0.05, 0.1) is 11.5 Å². The van der Waals surface area contributed by atoms with Gasteiger partial charge in [-0.1, -0.05) is 0 Å². The molecular formula is C13H17FN2O4S. The molecule has 116 valence electrons. The fourth-order valence-electron chi connectivity index (χ4n) is 2.16. The van der Waals surface area contributed by atoms with Gasteiger partial charge in [-0.25, -0.2) is 17.9 Å². The van der Waals surface area contributed by atoms with Crippen LogP contribution in [-0.4, -0.2) is 34.1 Å². The number of carbonyl (C=O) groups is 1. The Balaban J connectivity index is 2.19. The van der Waals surface area contributed by atoms with E-state index in [1.54, 1.807) is 0 Å². The van der Waals surface area contributed by atoms with Crippen molar-refractivity contribution in [1.29, 1.82) is 0 Å². The minimum absolute atomic E-state index is 0.0685. The van der Waals surface area contributed by atoms with E-state index < -0.39 is 21.7 Å². The molecule has 1 unspecified atom stereocenters. The highest BCUT2D eigenvalue weighted by Gasteiger charge is 2.20. The van der Waals surface area contributed by atoms with Crippen molar-refractivity contribution in [1.82, 2.24) is 5.32 Å². The van der Waals surface area contributed by atoms with Gasteiger partial charge in [-0.05, 0) is 25.5 Å². The zero-order valence-corrected chi connectivity index (χ0v) is 12.4. The van der Waals surface area contributed by atoms with E-state index in [1.807, 2.05) is 0 Å². The van der Waals surface area contributed by atoms with Gasteiger partial charge in [0.2, 0.25) is 10.0 Å². The molecule has 2 rings (SSSR count). The fourth-order valence-corrected chi connectivity index (χ4v) is 2.98. The third-order valence-electron chi connectivity index (χ3n) is 3.44. The molecule has 1 fully saturated rings. The van der Waals surface area contributed by atoms with Crippen LogP contribution < -0.4 is 10.5 Å². The first kappa shape index (κ1) is 15.9. The Morgan fingerprint density at radius 1 is 1.52 bits per heavy atom. The average molecular weight is 316 g/mol. The topological polar surface area (TPSA) is 98.5 Å². The van der Waals surface area contributed by atoms with E-state index in [0.29, 0.717) is 19.8 Å². The number of carbonyl (C=O) groups excluding carboxylic acids is 1. The van der Waals surface area contributed by atoms with Crippen LogP contribution in [0.5, 0.6) is 0 Å². The predicted octanol–water partition coefficient (Wildman–Crippen LogP) is 0.548. The summed E-state index contributed by atoms with van der Waals surface area (Å²) < 4.78 is 41.8. The monoisotopic (exact) mass is 316 g/mol. The number of benzene rings is 1. The smallest absolute Gasteiger partial charge is 0.251 e. The summed E-state index contributed by atoms with van der Waals surface area (Å²) in [6.07, 6.45) is 0.852. The highest BCUT2D eigenvalue weighted by atomic mass is 32.2. The molecule has 3 N–H and O–H groups in total. The molecule has 0 bridgehead atoms. The summed E-state index contributed by atoms with van der Waals surface area (Å²) in [5.74, 6) is -1.09. The second-order valence-electron chi connectivity index (χ2n) is 5.07. The summed E-state index contributed by atoms with van der Waals surface area (Å²) in [5, 5.41) is 7.67. The third kappa shape index (κ3) is 3.78. The summed E-state index contributed by atoms with van der Waals surface area (Å²) in [7, 11) is -4.08. The van der Waals surface area contributed by atoms with Crippen molar-refractivity contribution in [2.75, 3.05) is 19.8 Å². The van der Waals surface area contributed by atoms with Crippen molar-refractivity contribution in [3.05, 3.63) is 29.1 Å². The van der Waals surface area contributed by atoms with E-state index in [-0.39, 0.29) is 21.9 Å². The summed E-state index contributed by atoms with van der Waals surface area (Å²) in [5.41, 5.74) is -0.167. The van der Waals surface area contributed by atoms with Crippen LogP contribution in [0.3, 0.4) is 0 Å². The first-order chi connectivity index (χ1) is 9.79. The van der Waals surface area contributed by atoms with Crippen LogP contribution in [0.25, 0.3) is 0 Å². The lowest BCUT2D eigenvalue weighted by Gasteiger charge is -2.11. The Morgan fingerprint density at radius 3 is 2.81 bits per heavy atom. The molecule has 0 saturated carbocycles. The number of primary sulfonamides is 1. The van der Waals surface area contributed by atoms with Crippen molar-refractivity contribution in [3.63, 3.8) is 0 Å². The molecule has 1 aliphatic rings. The van der Waals surface area contributed by atoms with Gasteiger partial charge >= 0.3 is 0 Å². The van der Waals surface area contributed by atoms with Crippen LogP contribution in [0.4, 0.5) is 4.39 Å². The number of rotatable bonds is 4. The van der Waals surface area contributed by atoms with Gasteiger partial charge in [0, 0.05) is 30.2 Å². The van der Waals surface area contributed by atoms with Crippen molar-refractivity contribution in [2.45, 2.75) is 18.2 Å². The first-order valence-corrected chi connectivity index (χ1v) is 8.02. The molecule has 1 aromatic rings. The SMILES string of the molecule is Cc1c(F)cc(C(=O)NCC2CCOC2)cc1S(N)(=O)=O. The third-order valence-corrected chi connectivity index (χ3v) is 4.48. The number of halogens is 1. The van der Waals surface area contributed by atoms with E-state index in [2.05, 4.69) is 5.32 Å². The molecule has 6 nitrogen and oxygen atoms in total. The summed E-state index contributed by atoms with van der Waals surface area (Å²) in [4.78, 5) is 11.6. The van der Waals surface area contributed by atoms with Crippen LogP contribution in [0.15, 0.2) is 17.0 Å². The molecule has 0 aliphatic carbocycles. The van der Waals surface area contributed by atoms with Crippen molar-refractivity contribution in [3.8, 4) is 0 Å². The number of sulfonamides is 1. The second kappa shape index (κ2) is 6.08. The van der Waals surface area contributed by atoms with Crippen LogP contribution in [-0.2, 0) is 14.8 Å². The molecule has 8 heteroatoms. The van der Waals surface area contributed by atoms with Crippen LogP contribution in [0, 0.1) is 18.7 Å². The Kier molecular flexibility index (Phi) is 4.60. The molecule has 0 aromatic heterocycles. The lowest BCUT2D eigenvalue weighted by atomic mass is 10.1. The molecule has 1 atom stereocenters. The molecular weight excluding hydrogens is 299 g/mol. The summed E-state index contributed by atoms with van der Waals surface area (Å²) in [6.45, 7) is 2.94. The maximum Gasteiger partial charge on any atom is 0.251 e. The second-order valence-corrected chi connectivity index (χ2v) is 6.60. The van der Waals surface area contributed by atoms with Gasteiger partial charge < -0.3 is 10.1 Å². The normalized spacial score (nSPS) is 18.7. The van der Waals surface area contributed by atoms with E-state index in [9.17, 15) is 17.6 Å². The summed E-state index contributed by atoms with van der Waals surface area (Å²) >= 11 is 0. The number of hydrogen-bond donors (Lipinski definition) is 2. The lowest BCUT2D eigenvalue weighted by Crippen LogP contribution is -2.30. The van der Waals surface area contributed by atoms with E-state index in [4.69, 9.17) is 9.88 Å². The Hall–Kier alpha value is -1.51. The predicted molar refractivity (Wildman–Crippen MR) is 73.8 cm³/mol. The van der Waals surface area contributed by atoms with Crippen LogP contribution >= 0.6 is 0 Å². The number of nitrogens with one attached hydrogen (secondary N) is 1. The number of hydrogen-bond acceptors (Lipinski definition) is 4. The molecule has 0 spiro atoms. The molecule has 1 aromatic carbocycles. The highest BCUT2D eigenvalue weighted by molar-refractivity contribution is 7.89. The largest absolute Gasteiger partial charge is 0.381 e. The maximum absolute atomic E-state index is 13.8. The fraction of sp³-hybridized carbons (Fsp3) is 0.462. The van der Waals surface area contributed by atoms with E-state index in [0.717, 1.165) is 18.6 Å². The van der Waals surface area contributed by atoms with Gasteiger partial charge in [0.1, 0.15) is 5.82 Å². The van der Waals surface area contributed by atoms with E-state index in [1.165, 1.54) is 6.92 Å². The lowest BCUT2D eigenvalue weighted by molar-refractivity contribution is 0.0944. The Labute approximate surface area is 122 Å². The highest BCUT2D eigenvalue weighted by Crippen LogP contribution is 2.19. The van der Waals surface area contributed by atoms with Crippen molar-refractivity contribution in [2.24, 2.45) is 11.1 Å². The van der Waals surface area contributed by atoms with Crippen LogP contribution in [0.2, 0.25) is 0 Å². The van der Waals surface area contributed by atoms with Gasteiger partial charge in [-0.2, -0.15) is 0 Å². The molecule has 1 heterocycles. The van der Waals surface area contributed by atoms with Gasteiger partial charge in [-0.15, -0.1) is 0 Å². The van der Waals surface area contributed by atoms with Crippen molar-refractivity contribution < 1.29 is 22.3 Å². The van der Waals surface area contributed by atoms with Gasteiger partial charge in [0.15, 0.2) is 0 Å². The number of ether oxygens (including phenoxy) is 1. The molecule has 1 amide bonds. The summed E-state index contributed by atoms with van der Waals surface area (Å²) in [6, 6.07) is 2.10. The standard InChI is InChI=1S/C13H17FN2O4S/c1-8-11(14)4-10(5-12(8)21(15,18)19)13(17)16-6-9-2-3-20-7-9/h4-5,9H,2-3,6-7H2,1H3,(H,16,17)(H2,15,18,19). The minimum Gasteiger partial charge on any atom is -0.381 e. The number of amides is 1. The zero-order valence-electron chi connectivity index (χ0n) is 11.6. The quantitative estimate of drug-likeness (QED) is 0.847. The van der Waals surface area contributed by atoms with E-state index >= 15 is 0 Å². The first-order valence-electron chi connectivity index (χ1n) is 6.48. The van der Waals surface area contributed by atoms with Crippen LogP contribution in [0.1, 0.15) is 22.3 Å². The Morgan fingerprint density at radius 2 is 2.24 bits per heavy atom. The number of nitrogens with two attached hydrogens (primary N) is 1. The van der Waals surface area contributed by atoms with Gasteiger partial charge in [0.25, 0.3) is 5.91 Å². The zero-order chi connectivity index (χ0) is 15.6. The molecule has 1 saturated heterocycles. The maximum atomic E-state index is 13.8. The van der Waals surface area contributed by atoms with Crippen molar-refractivity contribution >= 4 is 15.9 Å². The van der Waals surface area contributed by atoms with Gasteiger partial charge in [-0.3, -0.25) is 4.79 Å².